The molecule has 2 aromatic rings. The van der Waals surface area contributed by atoms with E-state index in [1.807, 2.05) is 0 Å². The number of aromatic nitrogens is 2. The molecule has 0 aliphatic rings. The number of nitrogens with two attached hydrogens (primary N) is 1. The van der Waals surface area contributed by atoms with Gasteiger partial charge in [0.15, 0.2) is 11.6 Å². The molecule has 0 radical (unpaired) electrons. The minimum atomic E-state index is -0.455. The molecule has 0 amide bonds. The molecule has 0 unspecified atom stereocenters. The van der Waals surface area contributed by atoms with Gasteiger partial charge in [-0.1, -0.05) is 12.1 Å². The van der Waals surface area contributed by atoms with Crippen LogP contribution in [-0.2, 0) is 0 Å². The highest BCUT2D eigenvalue weighted by Crippen LogP contribution is 2.22. The number of nitrogens with one attached hydrogen (secondary N) is 1. The summed E-state index contributed by atoms with van der Waals surface area (Å²) in [7, 11) is 0. The van der Waals surface area contributed by atoms with Crippen LogP contribution in [0.4, 0.5) is 10.3 Å². The van der Waals surface area contributed by atoms with Crippen molar-refractivity contribution in [3.8, 4) is 11.6 Å². The lowest BCUT2D eigenvalue weighted by Crippen LogP contribution is -2.10. The third kappa shape index (κ3) is 2.23. The maximum Gasteiger partial charge on any atom is 0.240 e. The Balaban J connectivity index is 2.24. The number of hydrogen-bond acceptors (Lipinski definition) is 5. The first-order chi connectivity index (χ1) is 7.79. The van der Waals surface area contributed by atoms with Crippen molar-refractivity contribution in [2.24, 2.45) is 5.84 Å². The number of para-hydroxylation sites is 1. The van der Waals surface area contributed by atoms with Gasteiger partial charge in [0, 0.05) is 12.3 Å². The lowest BCUT2D eigenvalue weighted by atomic mass is 10.3. The quantitative estimate of drug-likeness (QED) is 0.608. The molecule has 0 aliphatic heterocycles. The van der Waals surface area contributed by atoms with Crippen molar-refractivity contribution in [3.63, 3.8) is 0 Å². The number of ether oxygens (including phenoxy) is 1. The summed E-state index contributed by atoms with van der Waals surface area (Å²) in [5.74, 6) is 5.20. The first-order valence-electron chi connectivity index (χ1n) is 4.51. The van der Waals surface area contributed by atoms with E-state index in [-0.39, 0.29) is 17.6 Å². The molecule has 6 heteroatoms. The van der Waals surface area contributed by atoms with Crippen LogP contribution in [0.3, 0.4) is 0 Å². The van der Waals surface area contributed by atoms with Crippen LogP contribution in [0.1, 0.15) is 0 Å². The van der Waals surface area contributed by atoms with Gasteiger partial charge in [0.2, 0.25) is 11.8 Å². The molecule has 1 aromatic heterocycles. The van der Waals surface area contributed by atoms with Crippen molar-refractivity contribution in [1.29, 1.82) is 0 Å². The third-order valence-electron chi connectivity index (χ3n) is 1.81. The third-order valence-corrected chi connectivity index (χ3v) is 1.81. The van der Waals surface area contributed by atoms with Crippen molar-refractivity contribution in [2.75, 3.05) is 5.43 Å². The van der Waals surface area contributed by atoms with Gasteiger partial charge >= 0.3 is 0 Å². The van der Waals surface area contributed by atoms with Crippen LogP contribution in [0, 0.1) is 5.82 Å². The minimum Gasteiger partial charge on any atom is -0.436 e. The topological polar surface area (TPSA) is 73.1 Å². The lowest BCUT2D eigenvalue weighted by molar-refractivity contribution is 0.427. The van der Waals surface area contributed by atoms with Crippen LogP contribution < -0.4 is 16.0 Å². The molecule has 1 aromatic carbocycles. The Labute approximate surface area is 91.1 Å². The molecule has 0 spiro atoms. The number of hydrogen-bond donors (Lipinski definition) is 2. The summed E-state index contributed by atoms with van der Waals surface area (Å²) < 4.78 is 18.5. The Kier molecular flexibility index (Phi) is 2.93. The van der Waals surface area contributed by atoms with E-state index in [9.17, 15) is 4.39 Å². The summed E-state index contributed by atoms with van der Waals surface area (Å²) in [6.45, 7) is 0. The molecule has 2 rings (SSSR count). The maximum absolute atomic E-state index is 13.2. The van der Waals surface area contributed by atoms with E-state index in [4.69, 9.17) is 10.6 Å². The highest BCUT2D eigenvalue weighted by molar-refractivity contribution is 5.31. The van der Waals surface area contributed by atoms with Crippen LogP contribution in [0.25, 0.3) is 0 Å². The minimum absolute atomic E-state index is 0.101. The zero-order valence-corrected chi connectivity index (χ0v) is 8.22. The van der Waals surface area contributed by atoms with Crippen molar-refractivity contribution >= 4 is 5.95 Å². The normalized spacial score (nSPS) is 9.88. The number of rotatable bonds is 3. The second-order valence-electron chi connectivity index (χ2n) is 2.90. The molecular formula is C10H9FN4O. The number of nitrogen functional groups attached to an aromatic ring is 1. The SMILES string of the molecule is NNc1nccc(Oc2ccccc2F)n1. The van der Waals surface area contributed by atoms with E-state index in [2.05, 4.69) is 15.4 Å². The van der Waals surface area contributed by atoms with Crippen molar-refractivity contribution in [1.82, 2.24) is 9.97 Å². The summed E-state index contributed by atoms with van der Waals surface area (Å²) in [6, 6.07) is 7.57. The lowest BCUT2D eigenvalue weighted by Gasteiger charge is -2.05. The van der Waals surface area contributed by atoms with E-state index in [0.717, 1.165) is 0 Å². The summed E-state index contributed by atoms with van der Waals surface area (Å²) >= 11 is 0. The second-order valence-corrected chi connectivity index (χ2v) is 2.90. The average molecular weight is 220 g/mol. The Morgan fingerprint density at radius 1 is 1.25 bits per heavy atom. The summed E-state index contributed by atoms with van der Waals surface area (Å²) in [6.07, 6.45) is 1.46. The van der Waals surface area contributed by atoms with Gasteiger partial charge in [-0.05, 0) is 12.1 Å². The molecule has 0 atom stereocenters. The molecule has 0 fully saturated rings. The summed E-state index contributed by atoms with van der Waals surface area (Å²) in [4.78, 5) is 7.69. The standard InChI is InChI=1S/C10H9FN4O/c11-7-3-1-2-4-8(7)16-9-5-6-13-10(14-9)15-12/h1-6H,12H2,(H,13,14,15). The predicted octanol–water partition coefficient (Wildman–Crippen LogP) is 1.69. The van der Waals surface area contributed by atoms with Crippen LogP contribution >= 0.6 is 0 Å². The van der Waals surface area contributed by atoms with E-state index in [1.165, 1.54) is 24.4 Å². The molecule has 3 N–H and O–H groups in total. The Morgan fingerprint density at radius 3 is 2.81 bits per heavy atom. The fourth-order valence-electron chi connectivity index (χ4n) is 1.11. The maximum atomic E-state index is 13.2. The zero-order valence-electron chi connectivity index (χ0n) is 8.22. The average Bonchev–Trinajstić information content (AvgIpc) is 2.32. The van der Waals surface area contributed by atoms with Crippen LogP contribution in [0.15, 0.2) is 36.5 Å². The van der Waals surface area contributed by atoms with Gasteiger partial charge in [-0.3, -0.25) is 5.43 Å². The van der Waals surface area contributed by atoms with Crippen molar-refractivity contribution in [3.05, 3.63) is 42.3 Å². The molecule has 1 heterocycles. The summed E-state index contributed by atoms with van der Waals surface area (Å²) in [5.41, 5.74) is 2.27. The first kappa shape index (κ1) is 10.3. The molecule has 16 heavy (non-hydrogen) atoms. The number of halogens is 1. The first-order valence-corrected chi connectivity index (χ1v) is 4.51. The highest BCUT2D eigenvalue weighted by atomic mass is 19.1. The molecular weight excluding hydrogens is 211 g/mol. The van der Waals surface area contributed by atoms with Gasteiger partial charge in [-0.25, -0.2) is 15.2 Å². The van der Waals surface area contributed by atoms with Crippen molar-refractivity contribution < 1.29 is 9.13 Å². The molecule has 82 valence electrons. The molecule has 5 nitrogen and oxygen atoms in total. The van der Waals surface area contributed by atoms with Gasteiger partial charge in [-0.2, -0.15) is 4.98 Å². The Hall–Kier alpha value is -2.21. The largest absolute Gasteiger partial charge is 0.436 e. The Morgan fingerprint density at radius 2 is 2.06 bits per heavy atom. The van der Waals surface area contributed by atoms with Gasteiger partial charge in [0.05, 0.1) is 0 Å². The number of benzene rings is 1. The molecule has 0 bridgehead atoms. The van der Waals surface area contributed by atoms with Gasteiger partial charge < -0.3 is 4.74 Å². The van der Waals surface area contributed by atoms with Gasteiger partial charge in [0.25, 0.3) is 0 Å². The van der Waals surface area contributed by atoms with Crippen LogP contribution in [-0.4, -0.2) is 9.97 Å². The molecule has 0 aliphatic carbocycles. The monoisotopic (exact) mass is 220 g/mol. The van der Waals surface area contributed by atoms with Crippen LogP contribution in [0.2, 0.25) is 0 Å². The van der Waals surface area contributed by atoms with Crippen LogP contribution in [0.5, 0.6) is 11.6 Å². The van der Waals surface area contributed by atoms with E-state index < -0.39 is 5.82 Å². The number of hydrazine groups is 1. The number of anilines is 1. The van der Waals surface area contributed by atoms with Gasteiger partial charge in [0.1, 0.15) is 0 Å². The zero-order chi connectivity index (χ0) is 11.4. The predicted molar refractivity (Wildman–Crippen MR) is 56.3 cm³/mol. The summed E-state index contributed by atoms with van der Waals surface area (Å²) in [5, 5.41) is 0. The fourth-order valence-corrected chi connectivity index (χ4v) is 1.11. The molecule has 0 saturated carbocycles. The van der Waals surface area contributed by atoms with E-state index in [0.29, 0.717) is 0 Å². The van der Waals surface area contributed by atoms with E-state index in [1.54, 1.807) is 12.1 Å². The fraction of sp³-hybridized carbons (Fsp3) is 0. The smallest absolute Gasteiger partial charge is 0.240 e. The van der Waals surface area contributed by atoms with Gasteiger partial charge in [-0.15, -0.1) is 0 Å². The molecule has 0 saturated heterocycles. The second kappa shape index (κ2) is 4.54. The number of nitrogens with zero attached hydrogens (tertiary/aromatic N) is 2. The Bertz CT molecular complexity index is 492. The van der Waals surface area contributed by atoms with E-state index >= 15 is 0 Å². The van der Waals surface area contributed by atoms with Crippen molar-refractivity contribution in [2.45, 2.75) is 0 Å². The highest BCUT2D eigenvalue weighted by Gasteiger charge is 2.04.